The fraction of sp³-hybridized carbons (Fsp3) is 0.982. The number of ether oxygens (including phenoxy) is 1. The third-order valence-corrected chi connectivity index (χ3v) is 14.6. The van der Waals surface area contributed by atoms with E-state index in [0.717, 1.165) is 17.4 Å². The van der Waals surface area contributed by atoms with Crippen molar-refractivity contribution in [1.82, 2.24) is 0 Å². The van der Waals surface area contributed by atoms with Crippen LogP contribution in [0.5, 0.6) is 0 Å². The average Bonchev–Trinajstić information content (AvgIpc) is 3.23. The van der Waals surface area contributed by atoms with Crippen LogP contribution in [0.1, 0.15) is 324 Å². The first kappa shape index (κ1) is 58.4. The predicted molar refractivity (Wildman–Crippen MR) is 266 cm³/mol. The van der Waals surface area contributed by atoms with Gasteiger partial charge >= 0.3 is 5.97 Å². The van der Waals surface area contributed by atoms with Gasteiger partial charge in [0.2, 0.25) is 0 Å². The van der Waals surface area contributed by atoms with Gasteiger partial charge in [0.15, 0.2) is 6.04 Å². The molecule has 3 heteroatoms. The summed E-state index contributed by atoms with van der Waals surface area (Å²) in [5.74, 6) is 0.129. The number of esters is 1. The molecule has 0 aliphatic rings. The van der Waals surface area contributed by atoms with Gasteiger partial charge in [-0.3, -0.25) is 0 Å². The van der Waals surface area contributed by atoms with Gasteiger partial charge in [-0.25, -0.2) is 4.79 Å². The summed E-state index contributed by atoms with van der Waals surface area (Å²) in [5, 5.41) is 0. The molecule has 2 atom stereocenters. The van der Waals surface area contributed by atoms with E-state index in [1.807, 2.05) is 6.92 Å². The molecular weight excluding hydrogens is 719 g/mol. The highest BCUT2D eigenvalue weighted by molar-refractivity contribution is 5.74. The number of hydrogen-bond acceptors (Lipinski definition) is 2. The van der Waals surface area contributed by atoms with Crippen molar-refractivity contribution < 1.29 is 14.0 Å². The maximum absolute atomic E-state index is 14.6. The zero-order chi connectivity index (χ0) is 43.4. The van der Waals surface area contributed by atoms with E-state index in [4.69, 9.17) is 4.74 Å². The van der Waals surface area contributed by atoms with Crippen LogP contribution < -0.4 is 0 Å². The number of quaternary nitrogens is 1. The van der Waals surface area contributed by atoms with Crippen molar-refractivity contribution in [3.05, 3.63) is 0 Å². The number of unbranched alkanes of at least 4 members (excludes halogenated alkanes) is 35. The van der Waals surface area contributed by atoms with Gasteiger partial charge in [0, 0.05) is 25.7 Å². The molecule has 354 valence electrons. The molecule has 0 saturated heterocycles. The first-order chi connectivity index (χ1) is 28.9. The maximum atomic E-state index is 14.6. The van der Waals surface area contributed by atoms with E-state index < -0.39 is 0 Å². The van der Waals surface area contributed by atoms with Gasteiger partial charge in [-0.2, -0.15) is 0 Å². The minimum absolute atomic E-state index is 0.0308. The standard InChI is InChI=1S/C56H114NO2/c1-8-14-19-24-29-33-38-43-48-53-57(7,54(55(58)59-13-6)49-44-39-34-28-23-18-12-5)56(50-45-40-35-30-25-20-15-9-2,51-46-41-36-31-26-21-16-10-3)52-47-42-37-32-27-22-17-11-4/h54H,8-53H2,1-7H3/q+1. The fourth-order valence-electron chi connectivity index (χ4n) is 10.5. The molecule has 59 heavy (non-hydrogen) atoms. The molecule has 2 unspecified atom stereocenters. The quantitative estimate of drug-likeness (QED) is 0.0347. The molecule has 0 aliphatic heterocycles. The van der Waals surface area contributed by atoms with E-state index in [9.17, 15) is 4.79 Å². The molecule has 0 heterocycles. The van der Waals surface area contributed by atoms with Crippen LogP contribution >= 0.6 is 0 Å². The van der Waals surface area contributed by atoms with E-state index in [1.54, 1.807) is 0 Å². The summed E-state index contributed by atoms with van der Waals surface area (Å²) in [7, 11) is 2.62. The maximum Gasteiger partial charge on any atom is 0.364 e. The Labute approximate surface area is 374 Å². The molecule has 0 spiro atoms. The summed E-state index contributed by atoms with van der Waals surface area (Å²) in [4.78, 5) is 14.6. The van der Waals surface area contributed by atoms with E-state index in [1.165, 1.54) is 276 Å². The smallest absolute Gasteiger partial charge is 0.364 e. The van der Waals surface area contributed by atoms with Crippen molar-refractivity contribution in [2.24, 2.45) is 0 Å². The summed E-state index contributed by atoms with van der Waals surface area (Å²) < 4.78 is 7.12. The van der Waals surface area contributed by atoms with Gasteiger partial charge in [0.25, 0.3) is 0 Å². The van der Waals surface area contributed by atoms with Crippen LogP contribution in [0.25, 0.3) is 0 Å². The molecule has 0 aromatic rings. The van der Waals surface area contributed by atoms with Crippen molar-refractivity contribution >= 4 is 5.97 Å². The van der Waals surface area contributed by atoms with E-state index in [0.29, 0.717) is 6.61 Å². The van der Waals surface area contributed by atoms with Crippen molar-refractivity contribution in [2.45, 2.75) is 336 Å². The summed E-state index contributed by atoms with van der Waals surface area (Å²) in [6.45, 7) is 15.3. The highest BCUT2D eigenvalue weighted by Crippen LogP contribution is 2.43. The number of rotatable bonds is 49. The first-order valence-electron chi connectivity index (χ1n) is 27.9. The van der Waals surface area contributed by atoms with Crippen LogP contribution in [0.2, 0.25) is 0 Å². The highest BCUT2D eigenvalue weighted by atomic mass is 16.5. The van der Waals surface area contributed by atoms with Gasteiger partial charge in [-0.1, -0.05) is 253 Å². The second kappa shape index (κ2) is 44.1. The van der Waals surface area contributed by atoms with E-state index in [2.05, 4.69) is 41.7 Å². The number of carbonyl (C=O) groups is 1. The number of carbonyl (C=O) groups excluding carboxylic acids is 1. The molecule has 0 N–H and O–H groups in total. The Morgan fingerprint density at radius 2 is 0.627 bits per heavy atom. The zero-order valence-corrected chi connectivity index (χ0v) is 42.4. The Morgan fingerprint density at radius 1 is 0.373 bits per heavy atom. The lowest BCUT2D eigenvalue weighted by Gasteiger charge is -2.55. The van der Waals surface area contributed by atoms with Crippen LogP contribution in [0, 0.1) is 0 Å². The summed E-state index contributed by atoms with van der Waals surface area (Å²) in [5.41, 5.74) is 0.158. The predicted octanol–water partition coefficient (Wildman–Crippen LogP) is 19.4. The minimum atomic E-state index is -0.0308. The molecule has 0 rings (SSSR count). The zero-order valence-electron chi connectivity index (χ0n) is 42.4. The van der Waals surface area contributed by atoms with Crippen LogP contribution in [0.15, 0.2) is 0 Å². The minimum Gasteiger partial charge on any atom is -0.462 e. The van der Waals surface area contributed by atoms with Crippen molar-refractivity contribution in [3.8, 4) is 0 Å². The molecule has 0 radical (unpaired) electrons. The van der Waals surface area contributed by atoms with E-state index >= 15 is 0 Å². The van der Waals surface area contributed by atoms with Crippen LogP contribution in [0.4, 0.5) is 0 Å². The molecule has 0 aromatic carbocycles. The lowest BCUT2D eigenvalue weighted by molar-refractivity contribution is -0.976. The lowest BCUT2D eigenvalue weighted by atomic mass is 9.76. The number of hydrogen-bond donors (Lipinski definition) is 0. The average molecular weight is 834 g/mol. The first-order valence-corrected chi connectivity index (χ1v) is 27.9. The van der Waals surface area contributed by atoms with Crippen molar-refractivity contribution in [3.63, 3.8) is 0 Å². The Balaban J connectivity index is 6.65. The normalized spacial score (nSPS) is 13.5. The molecule has 0 aliphatic carbocycles. The van der Waals surface area contributed by atoms with Crippen LogP contribution in [-0.2, 0) is 9.53 Å². The monoisotopic (exact) mass is 833 g/mol. The molecule has 0 bridgehead atoms. The Hall–Kier alpha value is -0.570. The van der Waals surface area contributed by atoms with Gasteiger partial charge in [0.05, 0.1) is 25.7 Å². The third kappa shape index (κ3) is 31.0. The summed E-state index contributed by atoms with van der Waals surface area (Å²) in [6.07, 6.45) is 59.3. The highest BCUT2D eigenvalue weighted by Gasteiger charge is 2.53. The van der Waals surface area contributed by atoms with Crippen molar-refractivity contribution in [2.75, 3.05) is 20.2 Å². The third-order valence-electron chi connectivity index (χ3n) is 14.6. The van der Waals surface area contributed by atoms with E-state index in [-0.39, 0.29) is 17.6 Å². The van der Waals surface area contributed by atoms with Gasteiger partial charge in [-0.15, -0.1) is 0 Å². The number of likely N-dealkylation sites (N-methyl/N-ethyl adjacent to an activating group) is 1. The SMILES string of the molecule is CCCCCCCCCCC[N+](C)(C(CCCCCCCCC)C(=O)OCC)C(CCCCCCCCCC)(CCCCCCCCCC)CCCCCCCCCC. The largest absolute Gasteiger partial charge is 0.462 e. The lowest BCUT2D eigenvalue weighted by Crippen LogP contribution is -2.69. The fourth-order valence-corrected chi connectivity index (χ4v) is 10.5. The van der Waals surface area contributed by atoms with Gasteiger partial charge in [-0.05, 0) is 45.4 Å². The molecule has 0 fully saturated rings. The molecule has 0 saturated carbocycles. The molecule has 3 nitrogen and oxygen atoms in total. The second-order valence-corrected chi connectivity index (χ2v) is 19.9. The summed E-state index contributed by atoms with van der Waals surface area (Å²) >= 11 is 0. The Kier molecular flexibility index (Phi) is 43.6. The van der Waals surface area contributed by atoms with Crippen LogP contribution in [0.3, 0.4) is 0 Å². The Bertz CT molecular complexity index is 791. The Morgan fingerprint density at radius 3 is 0.915 bits per heavy atom. The van der Waals surface area contributed by atoms with Gasteiger partial charge in [0.1, 0.15) is 0 Å². The molecule has 0 aromatic heterocycles. The topological polar surface area (TPSA) is 26.3 Å². The molecular formula is C56H114NO2+. The van der Waals surface area contributed by atoms with Crippen molar-refractivity contribution in [1.29, 1.82) is 0 Å². The second-order valence-electron chi connectivity index (χ2n) is 19.9. The van der Waals surface area contributed by atoms with Gasteiger partial charge < -0.3 is 9.22 Å². The number of nitrogens with zero attached hydrogens (tertiary/aromatic N) is 1. The molecule has 0 amide bonds. The summed E-state index contributed by atoms with van der Waals surface area (Å²) in [6, 6.07) is -0.0308. The van der Waals surface area contributed by atoms with Crippen LogP contribution in [-0.4, -0.2) is 42.2 Å².